The second-order valence-electron chi connectivity index (χ2n) is 6.19. The second kappa shape index (κ2) is 7.09. The molecule has 0 bridgehead atoms. The third-order valence-electron chi connectivity index (χ3n) is 4.23. The van der Waals surface area contributed by atoms with E-state index < -0.39 is 0 Å². The molecule has 0 saturated carbocycles. The van der Waals surface area contributed by atoms with Gasteiger partial charge in [0.15, 0.2) is 0 Å². The second-order valence-corrected chi connectivity index (χ2v) is 6.19. The summed E-state index contributed by atoms with van der Waals surface area (Å²) in [6.07, 6.45) is 1.32. The molecule has 0 radical (unpaired) electrons. The van der Waals surface area contributed by atoms with Crippen LogP contribution in [0.15, 0.2) is 18.2 Å². The van der Waals surface area contributed by atoms with Gasteiger partial charge in [-0.25, -0.2) is 0 Å². The molecule has 0 aromatic heterocycles. The molecule has 3 nitrogen and oxygen atoms in total. The van der Waals surface area contributed by atoms with Crippen molar-refractivity contribution in [2.75, 3.05) is 26.7 Å². The molecule has 1 fully saturated rings. The first-order chi connectivity index (χ1) is 9.60. The molecule has 1 heterocycles. The SMILES string of the molecule is COc1ccc(C)cc1CNCC1CCN(C(C)C)C1. The van der Waals surface area contributed by atoms with Crippen LogP contribution in [0.4, 0.5) is 0 Å². The molecular formula is C17H28N2O. The zero-order valence-electron chi connectivity index (χ0n) is 13.3. The molecule has 0 aliphatic carbocycles. The summed E-state index contributed by atoms with van der Waals surface area (Å²) >= 11 is 0. The molecule has 1 atom stereocenters. The Morgan fingerprint density at radius 2 is 2.20 bits per heavy atom. The molecule has 1 aliphatic rings. The van der Waals surface area contributed by atoms with Crippen molar-refractivity contribution in [1.29, 1.82) is 0 Å². The van der Waals surface area contributed by atoms with Crippen LogP contribution in [0.5, 0.6) is 5.75 Å². The molecule has 20 heavy (non-hydrogen) atoms. The topological polar surface area (TPSA) is 24.5 Å². The number of likely N-dealkylation sites (tertiary alicyclic amines) is 1. The zero-order chi connectivity index (χ0) is 14.5. The molecule has 2 rings (SSSR count). The van der Waals surface area contributed by atoms with E-state index in [1.54, 1.807) is 7.11 Å². The number of nitrogens with zero attached hydrogens (tertiary/aromatic N) is 1. The van der Waals surface area contributed by atoms with Gasteiger partial charge in [-0.15, -0.1) is 0 Å². The summed E-state index contributed by atoms with van der Waals surface area (Å²) in [5.41, 5.74) is 2.54. The lowest BCUT2D eigenvalue weighted by Crippen LogP contribution is -2.30. The number of methoxy groups -OCH3 is 1. The standard InChI is InChI=1S/C17H28N2O/c1-13(2)19-8-7-15(12-19)10-18-11-16-9-14(3)5-6-17(16)20-4/h5-6,9,13,15,18H,7-8,10-12H2,1-4H3. The van der Waals surface area contributed by atoms with E-state index in [-0.39, 0.29) is 0 Å². The third-order valence-corrected chi connectivity index (χ3v) is 4.23. The van der Waals surface area contributed by atoms with Gasteiger partial charge >= 0.3 is 0 Å². The lowest BCUT2D eigenvalue weighted by Gasteiger charge is -2.20. The van der Waals surface area contributed by atoms with Gasteiger partial charge in [0, 0.05) is 24.7 Å². The Balaban J connectivity index is 1.80. The predicted molar refractivity (Wildman–Crippen MR) is 84.3 cm³/mol. The molecule has 1 aliphatic heterocycles. The summed E-state index contributed by atoms with van der Waals surface area (Å²) in [7, 11) is 1.74. The van der Waals surface area contributed by atoms with Gasteiger partial charge in [0.05, 0.1) is 7.11 Å². The van der Waals surface area contributed by atoms with Crippen molar-refractivity contribution in [3.63, 3.8) is 0 Å². The highest BCUT2D eigenvalue weighted by atomic mass is 16.5. The van der Waals surface area contributed by atoms with Crippen LogP contribution < -0.4 is 10.1 Å². The fraction of sp³-hybridized carbons (Fsp3) is 0.647. The van der Waals surface area contributed by atoms with Crippen molar-refractivity contribution in [2.45, 2.75) is 39.8 Å². The highest BCUT2D eigenvalue weighted by Gasteiger charge is 2.23. The van der Waals surface area contributed by atoms with Crippen molar-refractivity contribution in [3.8, 4) is 5.75 Å². The fourth-order valence-electron chi connectivity index (χ4n) is 2.95. The fourth-order valence-corrected chi connectivity index (χ4v) is 2.95. The molecule has 0 amide bonds. The Hall–Kier alpha value is -1.06. The minimum Gasteiger partial charge on any atom is -0.496 e. The van der Waals surface area contributed by atoms with Gasteiger partial charge in [-0.2, -0.15) is 0 Å². The average Bonchev–Trinajstić information content (AvgIpc) is 2.88. The van der Waals surface area contributed by atoms with E-state index in [9.17, 15) is 0 Å². The van der Waals surface area contributed by atoms with E-state index in [1.807, 2.05) is 0 Å². The lowest BCUT2D eigenvalue weighted by molar-refractivity contribution is 0.264. The highest BCUT2D eigenvalue weighted by molar-refractivity contribution is 5.36. The lowest BCUT2D eigenvalue weighted by atomic mass is 10.1. The van der Waals surface area contributed by atoms with Crippen LogP contribution in [0.1, 0.15) is 31.4 Å². The van der Waals surface area contributed by atoms with E-state index >= 15 is 0 Å². The van der Waals surface area contributed by atoms with E-state index in [4.69, 9.17) is 4.74 Å². The predicted octanol–water partition coefficient (Wildman–Crippen LogP) is 2.82. The molecule has 1 aromatic rings. The Morgan fingerprint density at radius 3 is 2.85 bits per heavy atom. The summed E-state index contributed by atoms with van der Waals surface area (Å²) < 4.78 is 5.42. The molecule has 0 spiro atoms. The first kappa shape index (κ1) is 15.3. The number of rotatable bonds is 6. The van der Waals surface area contributed by atoms with Gasteiger partial charge in [0.25, 0.3) is 0 Å². The number of ether oxygens (including phenoxy) is 1. The average molecular weight is 276 g/mol. The smallest absolute Gasteiger partial charge is 0.123 e. The summed E-state index contributed by atoms with van der Waals surface area (Å²) in [5, 5.41) is 3.60. The van der Waals surface area contributed by atoms with Gasteiger partial charge < -0.3 is 15.0 Å². The summed E-state index contributed by atoms with van der Waals surface area (Å²) in [4.78, 5) is 2.57. The van der Waals surface area contributed by atoms with E-state index in [0.29, 0.717) is 6.04 Å². The van der Waals surface area contributed by atoms with Crippen molar-refractivity contribution < 1.29 is 4.74 Å². The molecule has 1 unspecified atom stereocenters. The molecule has 3 heteroatoms. The molecule has 112 valence electrons. The van der Waals surface area contributed by atoms with Crippen LogP contribution in [-0.4, -0.2) is 37.7 Å². The number of benzene rings is 1. The van der Waals surface area contributed by atoms with Gasteiger partial charge in [0.2, 0.25) is 0 Å². The van der Waals surface area contributed by atoms with Crippen molar-refractivity contribution >= 4 is 0 Å². The van der Waals surface area contributed by atoms with Crippen molar-refractivity contribution in [1.82, 2.24) is 10.2 Å². The first-order valence-corrected chi connectivity index (χ1v) is 7.68. The zero-order valence-corrected chi connectivity index (χ0v) is 13.3. The van der Waals surface area contributed by atoms with Crippen LogP contribution in [0.3, 0.4) is 0 Å². The first-order valence-electron chi connectivity index (χ1n) is 7.68. The van der Waals surface area contributed by atoms with Crippen LogP contribution in [0, 0.1) is 12.8 Å². The van der Waals surface area contributed by atoms with Gasteiger partial charge in [0.1, 0.15) is 5.75 Å². The third kappa shape index (κ3) is 3.97. The molecular weight excluding hydrogens is 248 g/mol. The van der Waals surface area contributed by atoms with Gasteiger partial charge in [-0.1, -0.05) is 17.7 Å². The van der Waals surface area contributed by atoms with Gasteiger partial charge in [-0.3, -0.25) is 0 Å². The number of nitrogens with one attached hydrogen (secondary N) is 1. The Labute approximate surface area is 123 Å². The number of hydrogen-bond acceptors (Lipinski definition) is 3. The van der Waals surface area contributed by atoms with E-state index in [0.717, 1.165) is 24.8 Å². The Kier molecular flexibility index (Phi) is 5.44. The highest BCUT2D eigenvalue weighted by Crippen LogP contribution is 2.20. The Bertz CT molecular complexity index is 431. The van der Waals surface area contributed by atoms with E-state index in [1.165, 1.54) is 30.6 Å². The maximum atomic E-state index is 5.42. The van der Waals surface area contributed by atoms with Crippen LogP contribution in [-0.2, 0) is 6.54 Å². The summed E-state index contributed by atoms with van der Waals surface area (Å²) in [6, 6.07) is 7.04. The molecule has 1 N–H and O–H groups in total. The molecule has 1 saturated heterocycles. The van der Waals surface area contributed by atoms with Crippen LogP contribution >= 0.6 is 0 Å². The minimum absolute atomic E-state index is 0.678. The quantitative estimate of drug-likeness (QED) is 0.864. The van der Waals surface area contributed by atoms with E-state index in [2.05, 4.69) is 49.2 Å². The maximum Gasteiger partial charge on any atom is 0.123 e. The summed E-state index contributed by atoms with van der Waals surface area (Å²) in [6.45, 7) is 11.2. The maximum absolute atomic E-state index is 5.42. The van der Waals surface area contributed by atoms with Gasteiger partial charge in [-0.05, 0) is 52.3 Å². The monoisotopic (exact) mass is 276 g/mol. The Morgan fingerprint density at radius 1 is 1.40 bits per heavy atom. The minimum atomic E-state index is 0.678. The van der Waals surface area contributed by atoms with Crippen LogP contribution in [0.2, 0.25) is 0 Å². The number of hydrogen-bond donors (Lipinski definition) is 1. The van der Waals surface area contributed by atoms with Crippen LogP contribution in [0.25, 0.3) is 0 Å². The summed E-state index contributed by atoms with van der Waals surface area (Å²) in [5.74, 6) is 1.77. The molecule has 1 aromatic carbocycles. The number of aryl methyl sites for hydroxylation is 1. The van der Waals surface area contributed by atoms with Crippen molar-refractivity contribution in [3.05, 3.63) is 29.3 Å². The normalized spacial score (nSPS) is 19.8. The largest absolute Gasteiger partial charge is 0.496 e. The van der Waals surface area contributed by atoms with Crippen molar-refractivity contribution in [2.24, 2.45) is 5.92 Å².